The van der Waals surface area contributed by atoms with E-state index in [-0.39, 0.29) is 23.5 Å². The van der Waals surface area contributed by atoms with Crippen molar-refractivity contribution in [3.05, 3.63) is 44.0 Å². The van der Waals surface area contributed by atoms with Crippen LogP contribution in [0.1, 0.15) is 4.88 Å². The number of nitrogens with zero attached hydrogens (tertiary/aromatic N) is 3. The molecule has 0 aliphatic heterocycles. The smallest absolute Gasteiger partial charge is 0.349 e. The van der Waals surface area contributed by atoms with E-state index in [4.69, 9.17) is 16.3 Å². The lowest BCUT2D eigenvalue weighted by atomic mass is 10.5. The van der Waals surface area contributed by atoms with Crippen LogP contribution < -0.4 is 4.74 Å². The summed E-state index contributed by atoms with van der Waals surface area (Å²) in [6.45, 7) is 0.214. The molecule has 8 heteroatoms. The van der Waals surface area contributed by atoms with Crippen molar-refractivity contribution in [2.45, 2.75) is 6.61 Å². The summed E-state index contributed by atoms with van der Waals surface area (Å²) in [5, 5.41) is 12.5. The Labute approximate surface area is 105 Å². The topological polar surface area (TPSA) is 78.2 Å². The first-order valence-corrected chi connectivity index (χ1v) is 5.74. The molecule has 0 radical (unpaired) electrons. The van der Waals surface area contributed by atoms with Gasteiger partial charge in [-0.25, -0.2) is 4.98 Å². The molecule has 0 aliphatic rings. The van der Waals surface area contributed by atoms with Gasteiger partial charge in [0.15, 0.2) is 0 Å². The summed E-state index contributed by atoms with van der Waals surface area (Å²) in [5.41, 5.74) is -0.300. The summed E-state index contributed by atoms with van der Waals surface area (Å²) in [7, 11) is 0. The van der Waals surface area contributed by atoms with Gasteiger partial charge in [-0.1, -0.05) is 6.07 Å². The summed E-state index contributed by atoms with van der Waals surface area (Å²) >= 11 is 7.05. The van der Waals surface area contributed by atoms with Gasteiger partial charge in [-0.05, 0) is 23.0 Å². The Hall–Kier alpha value is -1.73. The molecule has 17 heavy (non-hydrogen) atoms. The van der Waals surface area contributed by atoms with Crippen molar-refractivity contribution in [1.29, 1.82) is 0 Å². The third-order valence-corrected chi connectivity index (χ3v) is 2.87. The summed E-state index contributed by atoms with van der Waals surface area (Å²) in [6.07, 6.45) is 1.03. The van der Waals surface area contributed by atoms with Crippen molar-refractivity contribution in [3.63, 3.8) is 0 Å². The second-order valence-corrected chi connectivity index (χ2v) is 4.32. The maximum absolute atomic E-state index is 10.7. The van der Waals surface area contributed by atoms with Gasteiger partial charge in [0.1, 0.15) is 12.8 Å². The van der Waals surface area contributed by atoms with Crippen molar-refractivity contribution in [2.24, 2.45) is 0 Å². The van der Waals surface area contributed by atoms with Gasteiger partial charge in [0.25, 0.3) is 5.88 Å². The first-order chi connectivity index (χ1) is 8.16. The quantitative estimate of drug-likeness (QED) is 0.485. The Balaban J connectivity index is 2.19. The highest BCUT2D eigenvalue weighted by Gasteiger charge is 2.18. The lowest BCUT2D eigenvalue weighted by Gasteiger charge is -2.03. The van der Waals surface area contributed by atoms with E-state index in [1.54, 1.807) is 0 Å². The van der Waals surface area contributed by atoms with E-state index in [2.05, 4.69) is 9.97 Å². The molecule has 0 bridgehead atoms. The Morgan fingerprint density at radius 1 is 1.59 bits per heavy atom. The zero-order valence-electron chi connectivity index (χ0n) is 8.37. The largest absolute Gasteiger partial charge is 0.467 e. The second kappa shape index (κ2) is 5.07. The third kappa shape index (κ3) is 2.89. The molecule has 2 aromatic rings. The first kappa shape index (κ1) is 11.7. The van der Waals surface area contributed by atoms with Gasteiger partial charge in [0.05, 0.1) is 4.92 Å². The minimum absolute atomic E-state index is 0.0863. The Kier molecular flexibility index (Phi) is 3.50. The van der Waals surface area contributed by atoms with E-state index >= 15 is 0 Å². The van der Waals surface area contributed by atoms with Crippen molar-refractivity contribution in [3.8, 4) is 5.88 Å². The summed E-state index contributed by atoms with van der Waals surface area (Å²) in [6, 6.07) is 3.73. The number of aromatic nitrogens is 2. The molecule has 0 spiro atoms. The fraction of sp³-hybridized carbons (Fsp3) is 0.111. The van der Waals surface area contributed by atoms with Crippen LogP contribution in [0.15, 0.2) is 23.7 Å². The van der Waals surface area contributed by atoms with Gasteiger partial charge < -0.3 is 4.74 Å². The van der Waals surface area contributed by atoms with E-state index in [1.807, 2.05) is 17.5 Å². The molecule has 2 rings (SSSR count). The summed E-state index contributed by atoms with van der Waals surface area (Å²) in [4.78, 5) is 18.3. The average Bonchev–Trinajstić information content (AvgIpc) is 2.78. The van der Waals surface area contributed by atoms with Crippen LogP contribution in [-0.2, 0) is 6.61 Å². The van der Waals surface area contributed by atoms with E-state index in [9.17, 15) is 10.1 Å². The standard InChI is InChI=1S/C9H6ClN3O3S/c10-9-11-4-7(13(14)15)8(12-9)16-5-6-2-1-3-17-6/h1-4H,5H2. The van der Waals surface area contributed by atoms with E-state index < -0.39 is 4.92 Å². The molecular formula is C9H6ClN3O3S. The van der Waals surface area contributed by atoms with Crippen LogP contribution in [-0.4, -0.2) is 14.9 Å². The van der Waals surface area contributed by atoms with Crippen molar-refractivity contribution in [2.75, 3.05) is 0 Å². The molecule has 0 aliphatic carbocycles. The van der Waals surface area contributed by atoms with Crippen LogP contribution in [0.5, 0.6) is 5.88 Å². The maximum atomic E-state index is 10.7. The fourth-order valence-electron chi connectivity index (χ4n) is 1.11. The van der Waals surface area contributed by atoms with Crippen LogP contribution in [0, 0.1) is 10.1 Å². The van der Waals surface area contributed by atoms with Gasteiger partial charge in [-0.2, -0.15) is 4.98 Å². The summed E-state index contributed by atoms with van der Waals surface area (Å²) in [5.74, 6) is -0.122. The van der Waals surface area contributed by atoms with Gasteiger partial charge in [-0.3, -0.25) is 10.1 Å². The molecule has 0 amide bonds. The number of halogens is 1. The molecule has 2 aromatic heterocycles. The molecule has 0 saturated heterocycles. The molecule has 0 saturated carbocycles. The number of hydrogen-bond donors (Lipinski definition) is 0. The second-order valence-electron chi connectivity index (χ2n) is 2.95. The van der Waals surface area contributed by atoms with Gasteiger partial charge in [0, 0.05) is 4.88 Å². The maximum Gasteiger partial charge on any atom is 0.349 e. The third-order valence-electron chi connectivity index (χ3n) is 1.83. The van der Waals surface area contributed by atoms with Crippen molar-refractivity contribution < 1.29 is 9.66 Å². The molecule has 0 unspecified atom stereocenters. The Morgan fingerprint density at radius 2 is 2.41 bits per heavy atom. The molecule has 0 N–H and O–H groups in total. The predicted molar refractivity (Wildman–Crippen MR) is 62.3 cm³/mol. The van der Waals surface area contributed by atoms with Crippen LogP contribution in [0.4, 0.5) is 5.69 Å². The Morgan fingerprint density at radius 3 is 3.06 bits per heavy atom. The number of nitro groups is 1. The molecule has 0 aromatic carbocycles. The van der Waals surface area contributed by atoms with E-state index in [0.29, 0.717) is 0 Å². The van der Waals surface area contributed by atoms with Gasteiger partial charge in [0.2, 0.25) is 5.28 Å². The summed E-state index contributed by atoms with van der Waals surface area (Å²) < 4.78 is 5.26. The zero-order valence-corrected chi connectivity index (χ0v) is 9.94. The average molecular weight is 272 g/mol. The van der Waals surface area contributed by atoms with Crippen molar-refractivity contribution >= 4 is 28.6 Å². The minimum atomic E-state index is -0.611. The number of ether oxygens (including phenoxy) is 1. The molecule has 88 valence electrons. The van der Waals surface area contributed by atoms with Crippen LogP contribution in [0.3, 0.4) is 0 Å². The molecule has 2 heterocycles. The number of rotatable bonds is 4. The highest BCUT2D eigenvalue weighted by molar-refractivity contribution is 7.09. The first-order valence-electron chi connectivity index (χ1n) is 4.49. The van der Waals surface area contributed by atoms with Crippen LogP contribution >= 0.6 is 22.9 Å². The molecule has 0 atom stereocenters. The van der Waals surface area contributed by atoms with Gasteiger partial charge in [-0.15, -0.1) is 11.3 Å². The fourth-order valence-corrected chi connectivity index (χ4v) is 1.85. The molecule has 0 fully saturated rings. The normalized spacial score (nSPS) is 10.2. The zero-order chi connectivity index (χ0) is 12.3. The molecule has 6 nitrogen and oxygen atoms in total. The Bertz CT molecular complexity index is 532. The lowest BCUT2D eigenvalue weighted by Crippen LogP contribution is -2.01. The SMILES string of the molecule is O=[N+]([O-])c1cnc(Cl)nc1OCc1cccs1. The minimum Gasteiger partial charge on any atom is -0.467 e. The molecular weight excluding hydrogens is 266 g/mol. The number of hydrogen-bond acceptors (Lipinski definition) is 6. The predicted octanol–water partition coefficient (Wildman–Crippen LogP) is 2.68. The monoisotopic (exact) mass is 271 g/mol. The number of thiophene rings is 1. The van der Waals surface area contributed by atoms with E-state index in [0.717, 1.165) is 11.1 Å². The van der Waals surface area contributed by atoms with E-state index in [1.165, 1.54) is 11.3 Å². The lowest BCUT2D eigenvalue weighted by molar-refractivity contribution is -0.386. The van der Waals surface area contributed by atoms with Crippen LogP contribution in [0.25, 0.3) is 0 Å². The van der Waals surface area contributed by atoms with Crippen LogP contribution in [0.2, 0.25) is 5.28 Å². The highest BCUT2D eigenvalue weighted by atomic mass is 35.5. The van der Waals surface area contributed by atoms with Crippen molar-refractivity contribution in [1.82, 2.24) is 9.97 Å². The highest BCUT2D eigenvalue weighted by Crippen LogP contribution is 2.25. The van der Waals surface area contributed by atoms with Gasteiger partial charge >= 0.3 is 5.69 Å².